The van der Waals surface area contributed by atoms with E-state index >= 15 is 0 Å². The van der Waals surface area contributed by atoms with Crippen LogP contribution in [0.3, 0.4) is 0 Å². The molecule has 2 amide bonds. The van der Waals surface area contributed by atoms with Crippen LogP contribution in [0.4, 0.5) is 0 Å². The molecule has 0 aromatic carbocycles. The molecular formula is C14H23N5O2. The molecule has 0 saturated carbocycles. The van der Waals surface area contributed by atoms with Crippen LogP contribution in [0, 0.1) is 0 Å². The van der Waals surface area contributed by atoms with E-state index < -0.39 is 5.54 Å². The van der Waals surface area contributed by atoms with Crippen LogP contribution in [-0.2, 0) is 22.7 Å². The van der Waals surface area contributed by atoms with E-state index in [2.05, 4.69) is 15.4 Å². The Bertz CT molecular complexity index is 541. The molecule has 2 atom stereocenters. The Kier molecular flexibility index (Phi) is 4.29. The molecule has 1 aliphatic heterocycles. The molecule has 7 nitrogen and oxygen atoms in total. The summed E-state index contributed by atoms with van der Waals surface area (Å²) in [4.78, 5) is 30.8. The zero-order valence-corrected chi connectivity index (χ0v) is 13.1. The van der Waals surface area contributed by atoms with E-state index in [9.17, 15) is 9.59 Å². The molecule has 0 bridgehead atoms. The molecule has 2 rings (SSSR count). The summed E-state index contributed by atoms with van der Waals surface area (Å²) in [5.41, 5.74) is -0.848. The van der Waals surface area contributed by atoms with Gasteiger partial charge in [-0.2, -0.15) is 5.10 Å². The van der Waals surface area contributed by atoms with Crippen molar-refractivity contribution < 1.29 is 9.59 Å². The lowest BCUT2D eigenvalue weighted by atomic mass is 9.97. The summed E-state index contributed by atoms with van der Waals surface area (Å²) in [6.07, 6.45) is 2.36. The molecule has 1 aliphatic rings. The first-order chi connectivity index (χ1) is 9.91. The van der Waals surface area contributed by atoms with E-state index in [0.29, 0.717) is 25.9 Å². The average molecular weight is 293 g/mol. The maximum Gasteiger partial charge on any atom is 0.248 e. The molecule has 2 heterocycles. The van der Waals surface area contributed by atoms with Gasteiger partial charge in [-0.1, -0.05) is 6.92 Å². The van der Waals surface area contributed by atoms with Crippen molar-refractivity contribution in [2.45, 2.75) is 65.2 Å². The maximum absolute atomic E-state index is 12.8. The van der Waals surface area contributed by atoms with E-state index in [1.54, 1.807) is 16.5 Å². The number of amides is 2. The summed E-state index contributed by atoms with van der Waals surface area (Å²) < 4.78 is 1.77. The van der Waals surface area contributed by atoms with Gasteiger partial charge in [0.1, 0.15) is 17.7 Å². The number of nitrogens with one attached hydrogen (secondary N) is 1. The van der Waals surface area contributed by atoms with Crippen molar-refractivity contribution in [3.05, 3.63) is 12.2 Å². The third-order valence-electron chi connectivity index (χ3n) is 4.18. The summed E-state index contributed by atoms with van der Waals surface area (Å²) in [5, 5.41) is 6.98. The first-order valence-corrected chi connectivity index (χ1v) is 7.40. The fraction of sp³-hybridized carbons (Fsp3) is 0.714. The second-order valence-corrected chi connectivity index (χ2v) is 5.71. The molecule has 1 fully saturated rings. The highest BCUT2D eigenvalue weighted by Gasteiger charge is 2.42. The highest BCUT2D eigenvalue weighted by atomic mass is 16.2. The summed E-state index contributed by atoms with van der Waals surface area (Å²) in [6, 6.07) is -0.159. The number of hydrogen-bond acceptors (Lipinski definition) is 4. The fourth-order valence-electron chi connectivity index (χ4n) is 2.60. The SMILES string of the molecule is CCn1ncnc1CN1C(=O)C(C)(CC)NC(=O)CC1C. The molecule has 1 aromatic rings. The second kappa shape index (κ2) is 5.83. The molecule has 0 radical (unpaired) electrons. The second-order valence-electron chi connectivity index (χ2n) is 5.71. The monoisotopic (exact) mass is 293 g/mol. The summed E-state index contributed by atoms with van der Waals surface area (Å²) in [5.74, 6) is 0.596. The zero-order valence-electron chi connectivity index (χ0n) is 13.1. The lowest BCUT2D eigenvalue weighted by molar-refractivity contribution is -0.140. The predicted octanol–water partition coefficient (Wildman–Crippen LogP) is 0.704. The van der Waals surface area contributed by atoms with Gasteiger partial charge in [-0.15, -0.1) is 0 Å². The van der Waals surface area contributed by atoms with Crippen molar-refractivity contribution in [3.63, 3.8) is 0 Å². The Labute approximate surface area is 124 Å². The molecule has 7 heteroatoms. The van der Waals surface area contributed by atoms with Gasteiger partial charge in [0.05, 0.1) is 6.54 Å². The Morgan fingerprint density at radius 2 is 2.14 bits per heavy atom. The van der Waals surface area contributed by atoms with Crippen molar-refractivity contribution in [1.29, 1.82) is 0 Å². The number of rotatable bonds is 4. The van der Waals surface area contributed by atoms with Gasteiger partial charge in [0, 0.05) is 19.0 Å². The van der Waals surface area contributed by atoms with Crippen LogP contribution in [0.1, 0.15) is 46.4 Å². The Hall–Kier alpha value is -1.92. The van der Waals surface area contributed by atoms with E-state index in [-0.39, 0.29) is 17.9 Å². The average Bonchev–Trinajstić information content (AvgIpc) is 2.87. The van der Waals surface area contributed by atoms with Gasteiger partial charge >= 0.3 is 0 Å². The smallest absolute Gasteiger partial charge is 0.248 e. The van der Waals surface area contributed by atoms with Crippen LogP contribution in [-0.4, -0.2) is 43.1 Å². The Morgan fingerprint density at radius 3 is 2.76 bits per heavy atom. The molecule has 21 heavy (non-hydrogen) atoms. The van der Waals surface area contributed by atoms with E-state index in [0.717, 1.165) is 5.82 Å². The van der Waals surface area contributed by atoms with Crippen LogP contribution in [0.2, 0.25) is 0 Å². The van der Waals surface area contributed by atoms with Crippen molar-refractivity contribution >= 4 is 11.8 Å². The molecule has 0 spiro atoms. The minimum atomic E-state index is -0.848. The normalized spacial score (nSPS) is 26.7. The molecule has 1 N–H and O–H groups in total. The minimum absolute atomic E-state index is 0.0611. The van der Waals surface area contributed by atoms with Crippen molar-refractivity contribution in [3.8, 4) is 0 Å². The Balaban J connectivity index is 2.30. The highest BCUT2D eigenvalue weighted by Crippen LogP contribution is 2.22. The maximum atomic E-state index is 12.8. The van der Waals surface area contributed by atoms with Crippen LogP contribution < -0.4 is 5.32 Å². The number of nitrogens with zero attached hydrogens (tertiary/aromatic N) is 4. The van der Waals surface area contributed by atoms with Crippen molar-refractivity contribution in [2.24, 2.45) is 0 Å². The van der Waals surface area contributed by atoms with Gasteiger partial charge in [-0.3, -0.25) is 9.59 Å². The van der Waals surface area contributed by atoms with Gasteiger partial charge in [-0.25, -0.2) is 9.67 Å². The van der Waals surface area contributed by atoms with E-state index in [1.165, 1.54) is 6.33 Å². The number of aromatic nitrogens is 3. The fourth-order valence-corrected chi connectivity index (χ4v) is 2.60. The topological polar surface area (TPSA) is 80.1 Å². The zero-order chi connectivity index (χ0) is 15.6. The number of hydrogen-bond donors (Lipinski definition) is 1. The summed E-state index contributed by atoms with van der Waals surface area (Å²) >= 11 is 0. The largest absolute Gasteiger partial charge is 0.342 e. The van der Waals surface area contributed by atoms with Gasteiger partial charge < -0.3 is 10.2 Å². The van der Waals surface area contributed by atoms with Crippen LogP contribution in [0.25, 0.3) is 0 Å². The van der Waals surface area contributed by atoms with Crippen LogP contribution in [0.15, 0.2) is 6.33 Å². The molecule has 0 aliphatic carbocycles. The van der Waals surface area contributed by atoms with Crippen LogP contribution >= 0.6 is 0 Å². The number of carbonyl (C=O) groups is 2. The molecule has 1 aromatic heterocycles. The number of aryl methyl sites for hydroxylation is 1. The minimum Gasteiger partial charge on any atom is -0.342 e. The first kappa shape index (κ1) is 15.5. The molecular weight excluding hydrogens is 270 g/mol. The van der Waals surface area contributed by atoms with Crippen molar-refractivity contribution in [2.75, 3.05) is 0 Å². The highest BCUT2D eigenvalue weighted by molar-refractivity contribution is 5.93. The number of carbonyl (C=O) groups excluding carboxylic acids is 2. The van der Waals surface area contributed by atoms with Gasteiger partial charge in [0.15, 0.2) is 0 Å². The van der Waals surface area contributed by atoms with Gasteiger partial charge in [0.2, 0.25) is 11.8 Å². The summed E-state index contributed by atoms with van der Waals surface area (Å²) in [6.45, 7) is 8.63. The third-order valence-corrected chi connectivity index (χ3v) is 4.18. The quantitative estimate of drug-likeness (QED) is 0.886. The molecule has 116 valence electrons. The lowest BCUT2D eigenvalue weighted by Gasteiger charge is -2.33. The summed E-state index contributed by atoms with van der Waals surface area (Å²) in [7, 11) is 0. The van der Waals surface area contributed by atoms with Crippen LogP contribution in [0.5, 0.6) is 0 Å². The predicted molar refractivity (Wildman–Crippen MR) is 77.2 cm³/mol. The van der Waals surface area contributed by atoms with E-state index in [4.69, 9.17) is 0 Å². The van der Waals surface area contributed by atoms with Gasteiger partial charge in [-0.05, 0) is 27.2 Å². The third kappa shape index (κ3) is 2.91. The van der Waals surface area contributed by atoms with Gasteiger partial charge in [0.25, 0.3) is 0 Å². The standard InChI is InChI=1S/C14H23N5O2/c1-5-14(4)13(21)18(10(3)7-12(20)17-14)8-11-15-9-16-19(11)6-2/h9-10H,5-8H2,1-4H3,(H,17,20). The molecule has 2 unspecified atom stereocenters. The first-order valence-electron chi connectivity index (χ1n) is 7.40. The van der Waals surface area contributed by atoms with E-state index in [1.807, 2.05) is 20.8 Å². The molecule has 1 saturated heterocycles. The lowest BCUT2D eigenvalue weighted by Crippen LogP contribution is -2.55. The van der Waals surface area contributed by atoms with Crippen molar-refractivity contribution in [1.82, 2.24) is 25.0 Å². The Morgan fingerprint density at radius 1 is 1.43 bits per heavy atom.